The molecule has 2 rings (SSSR count). The maximum atomic E-state index is 12.8. The summed E-state index contributed by atoms with van der Waals surface area (Å²) in [7, 11) is -2.69. The fourth-order valence-electron chi connectivity index (χ4n) is 2.16. The van der Waals surface area contributed by atoms with Crippen LogP contribution in [0.3, 0.4) is 0 Å². The maximum Gasteiger partial charge on any atom is 0.338 e. The molecule has 0 bridgehead atoms. The highest BCUT2D eigenvalue weighted by Gasteiger charge is 2.23. The number of nitrogens with one attached hydrogen (secondary N) is 1. The third kappa shape index (κ3) is 5.07. The number of esters is 1. The summed E-state index contributed by atoms with van der Waals surface area (Å²) in [6.45, 7) is 4.63. The van der Waals surface area contributed by atoms with E-state index in [-0.39, 0.29) is 22.0 Å². The summed E-state index contributed by atoms with van der Waals surface area (Å²) in [4.78, 5) is 23.3. The second-order valence-electron chi connectivity index (χ2n) is 6.00. The normalized spacial score (nSPS) is 12.1. The Labute approximate surface area is 158 Å². The van der Waals surface area contributed by atoms with Gasteiger partial charge in [-0.2, -0.15) is 0 Å². The summed E-state index contributed by atoms with van der Waals surface area (Å²) in [5, 5.41) is 0. The molecule has 1 unspecified atom stereocenters. The SMILES string of the molecule is COc1ccc(C(=O)OC(C)C(C)=O)cc1S(=O)(=O)Nc1ccc(C)cc1. The number of carbonyl (C=O) groups excluding carboxylic acids is 2. The van der Waals surface area contributed by atoms with Gasteiger partial charge in [-0.25, -0.2) is 13.2 Å². The Morgan fingerprint density at radius 3 is 2.26 bits per heavy atom. The molecule has 1 N–H and O–H groups in total. The number of anilines is 1. The van der Waals surface area contributed by atoms with Gasteiger partial charge in [0.15, 0.2) is 11.9 Å². The van der Waals surface area contributed by atoms with Crippen LogP contribution in [0.25, 0.3) is 0 Å². The van der Waals surface area contributed by atoms with Crippen LogP contribution in [0.5, 0.6) is 5.75 Å². The van der Waals surface area contributed by atoms with Gasteiger partial charge >= 0.3 is 5.97 Å². The summed E-state index contributed by atoms with van der Waals surface area (Å²) in [5.74, 6) is -1.04. The molecule has 0 spiro atoms. The highest BCUT2D eigenvalue weighted by Crippen LogP contribution is 2.27. The topological polar surface area (TPSA) is 98.8 Å². The zero-order chi connectivity index (χ0) is 20.2. The summed E-state index contributed by atoms with van der Waals surface area (Å²) >= 11 is 0. The molecule has 0 aliphatic carbocycles. The molecule has 0 fully saturated rings. The van der Waals surface area contributed by atoms with Crippen LogP contribution >= 0.6 is 0 Å². The van der Waals surface area contributed by atoms with Gasteiger partial charge in [-0.15, -0.1) is 0 Å². The van der Waals surface area contributed by atoms with Crippen molar-refractivity contribution in [1.29, 1.82) is 0 Å². The Balaban J connectivity index is 2.37. The van der Waals surface area contributed by atoms with E-state index in [1.165, 1.54) is 33.1 Å². The zero-order valence-electron chi connectivity index (χ0n) is 15.5. The number of methoxy groups -OCH3 is 1. The lowest BCUT2D eigenvalue weighted by Gasteiger charge is -2.14. The monoisotopic (exact) mass is 391 g/mol. The molecular weight excluding hydrogens is 370 g/mol. The van der Waals surface area contributed by atoms with Crippen LogP contribution in [-0.4, -0.2) is 33.4 Å². The molecule has 144 valence electrons. The van der Waals surface area contributed by atoms with E-state index in [9.17, 15) is 18.0 Å². The van der Waals surface area contributed by atoms with Crippen LogP contribution < -0.4 is 9.46 Å². The molecule has 2 aromatic carbocycles. The average molecular weight is 391 g/mol. The van der Waals surface area contributed by atoms with E-state index >= 15 is 0 Å². The van der Waals surface area contributed by atoms with Gasteiger partial charge in [-0.3, -0.25) is 9.52 Å². The number of Topliss-reactive ketones (excluding diaryl/α,β-unsaturated/α-hetero) is 1. The Morgan fingerprint density at radius 2 is 1.70 bits per heavy atom. The first-order valence-electron chi connectivity index (χ1n) is 8.13. The van der Waals surface area contributed by atoms with E-state index in [2.05, 4.69) is 4.72 Å². The van der Waals surface area contributed by atoms with E-state index in [0.29, 0.717) is 5.69 Å². The van der Waals surface area contributed by atoms with Gasteiger partial charge in [0.25, 0.3) is 10.0 Å². The van der Waals surface area contributed by atoms with Crippen molar-refractivity contribution >= 4 is 27.5 Å². The number of carbonyl (C=O) groups is 2. The summed E-state index contributed by atoms with van der Waals surface area (Å²) in [5.41, 5.74) is 1.36. The van der Waals surface area contributed by atoms with E-state index in [1.807, 2.05) is 6.92 Å². The van der Waals surface area contributed by atoms with Crippen LogP contribution in [0.1, 0.15) is 29.8 Å². The minimum atomic E-state index is -4.02. The second kappa shape index (κ2) is 8.22. The van der Waals surface area contributed by atoms with Crippen LogP contribution in [0.2, 0.25) is 0 Å². The smallest absolute Gasteiger partial charge is 0.338 e. The van der Waals surface area contributed by atoms with Gasteiger partial charge in [-0.1, -0.05) is 17.7 Å². The second-order valence-corrected chi connectivity index (χ2v) is 7.65. The molecule has 0 heterocycles. The first-order valence-corrected chi connectivity index (χ1v) is 9.61. The van der Waals surface area contributed by atoms with E-state index < -0.39 is 22.1 Å². The van der Waals surface area contributed by atoms with Crippen molar-refractivity contribution in [1.82, 2.24) is 0 Å². The molecule has 0 aliphatic heterocycles. The lowest BCUT2D eigenvalue weighted by Crippen LogP contribution is -2.22. The number of ether oxygens (including phenoxy) is 2. The molecule has 2 aromatic rings. The zero-order valence-corrected chi connectivity index (χ0v) is 16.3. The highest BCUT2D eigenvalue weighted by molar-refractivity contribution is 7.92. The van der Waals surface area contributed by atoms with Crippen LogP contribution in [0.4, 0.5) is 5.69 Å². The van der Waals surface area contributed by atoms with Crippen molar-refractivity contribution in [3.05, 3.63) is 53.6 Å². The number of aryl methyl sites for hydroxylation is 1. The van der Waals surface area contributed by atoms with E-state index in [1.54, 1.807) is 24.3 Å². The molecule has 8 heteroatoms. The Hall–Kier alpha value is -2.87. The fourth-order valence-corrected chi connectivity index (χ4v) is 3.41. The lowest BCUT2D eigenvalue weighted by molar-refractivity contribution is -0.124. The predicted molar refractivity (Wildman–Crippen MR) is 101 cm³/mol. The van der Waals surface area contributed by atoms with Crippen molar-refractivity contribution in [2.24, 2.45) is 0 Å². The quantitative estimate of drug-likeness (QED) is 0.729. The third-order valence-electron chi connectivity index (χ3n) is 3.85. The number of hydrogen-bond donors (Lipinski definition) is 1. The summed E-state index contributed by atoms with van der Waals surface area (Å²) in [6, 6.07) is 10.7. The van der Waals surface area contributed by atoms with E-state index in [0.717, 1.165) is 11.6 Å². The van der Waals surface area contributed by atoms with Crippen molar-refractivity contribution in [3.63, 3.8) is 0 Å². The standard InChI is InChI=1S/C19H21NO6S/c1-12-5-8-16(9-6-12)20-27(23,24)18-11-15(7-10-17(18)25-4)19(22)26-14(3)13(2)21/h5-11,14,20H,1-4H3. The molecule has 0 amide bonds. The largest absolute Gasteiger partial charge is 0.495 e. The predicted octanol–water partition coefficient (Wildman–Crippen LogP) is 2.94. The Morgan fingerprint density at radius 1 is 1.07 bits per heavy atom. The molecule has 0 aliphatic rings. The number of sulfonamides is 1. The van der Waals surface area contributed by atoms with Crippen LogP contribution in [-0.2, 0) is 19.6 Å². The van der Waals surface area contributed by atoms with Gasteiger partial charge in [-0.05, 0) is 51.1 Å². The summed E-state index contributed by atoms with van der Waals surface area (Å²) in [6.07, 6.45) is -0.926. The molecule has 0 radical (unpaired) electrons. The Kier molecular flexibility index (Phi) is 6.22. The number of hydrogen-bond acceptors (Lipinski definition) is 6. The van der Waals surface area contributed by atoms with Gasteiger partial charge in [0.1, 0.15) is 10.6 Å². The van der Waals surface area contributed by atoms with Crippen molar-refractivity contribution in [2.75, 3.05) is 11.8 Å². The molecule has 27 heavy (non-hydrogen) atoms. The summed E-state index contributed by atoms with van der Waals surface area (Å²) < 4.78 is 38.1. The van der Waals surface area contributed by atoms with Crippen LogP contribution in [0.15, 0.2) is 47.4 Å². The average Bonchev–Trinajstić information content (AvgIpc) is 2.62. The molecule has 0 aromatic heterocycles. The van der Waals surface area contributed by atoms with Gasteiger partial charge < -0.3 is 9.47 Å². The van der Waals surface area contributed by atoms with Crippen molar-refractivity contribution < 1.29 is 27.5 Å². The van der Waals surface area contributed by atoms with Crippen molar-refractivity contribution in [2.45, 2.75) is 31.8 Å². The number of ketones is 1. The minimum Gasteiger partial charge on any atom is -0.495 e. The molecule has 0 saturated heterocycles. The molecule has 1 atom stereocenters. The maximum absolute atomic E-state index is 12.8. The Bertz CT molecular complexity index is 951. The fraction of sp³-hybridized carbons (Fsp3) is 0.263. The van der Waals surface area contributed by atoms with Crippen LogP contribution in [0, 0.1) is 6.92 Å². The lowest BCUT2D eigenvalue weighted by atomic mass is 10.2. The first-order chi connectivity index (χ1) is 12.6. The molecular formula is C19H21NO6S. The van der Waals surface area contributed by atoms with Crippen molar-refractivity contribution in [3.8, 4) is 5.75 Å². The molecule has 0 saturated carbocycles. The first kappa shape index (κ1) is 20.4. The van der Waals surface area contributed by atoms with Gasteiger partial charge in [0.2, 0.25) is 0 Å². The number of benzene rings is 2. The number of rotatable bonds is 7. The third-order valence-corrected chi connectivity index (χ3v) is 5.25. The molecule has 7 nitrogen and oxygen atoms in total. The van der Waals surface area contributed by atoms with Gasteiger partial charge in [0, 0.05) is 5.69 Å². The van der Waals surface area contributed by atoms with E-state index in [4.69, 9.17) is 9.47 Å². The minimum absolute atomic E-state index is 0.00631. The van der Waals surface area contributed by atoms with Gasteiger partial charge in [0.05, 0.1) is 12.7 Å². The highest BCUT2D eigenvalue weighted by atomic mass is 32.2.